The van der Waals surface area contributed by atoms with Gasteiger partial charge in [0.05, 0.1) is 0 Å². The van der Waals surface area contributed by atoms with Crippen LogP contribution in [0.2, 0.25) is 0 Å². The number of rotatable bonds is 3. The first-order valence-electron chi connectivity index (χ1n) is 11.5. The predicted octanol–water partition coefficient (Wildman–Crippen LogP) is 3.94. The van der Waals surface area contributed by atoms with E-state index >= 15 is 0 Å². The molecule has 0 spiro atoms. The molecule has 9 nitrogen and oxygen atoms in total. The molecule has 0 aliphatic heterocycles. The van der Waals surface area contributed by atoms with Gasteiger partial charge < -0.3 is 15.3 Å². The number of nitrogens with zero attached hydrogens (tertiary/aromatic N) is 3. The standard InChI is InChI=1S/3C10H7NO2.Fe.Na/c3*12-9-6-5-7-3-1-2-4-8(7)10(9)11-13;;/h3*1-6,12H;;/q;;;+2;+1/p-3. The van der Waals surface area contributed by atoms with E-state index in [0.717, 1.165) is 16.2 Å². The summed E-state index contributed by atoms with van der Waals surface area (Å²) >= 11 is 0. The van der Waals surface area contributed by atoms with E-state index in [1.165, 1.54) is 18.2 Å². The van der Waals surface area contributed by atoms with Crippen molar-refractivity contribution >= 4 is 49.4 Å². The number of nitroso groups, excluding NO2 is 3. The van der Waals surface area contributed by atoms with Crippen molar-refractivity contribution in [3.63, 3.8) is 0 Å². The topological polar surface area (TPSA) is 157 Å². The third-order valence-electron chi connectivity index (χ3n) is 5.86. The van der Waals surface area contributed by atoms with Crippen molar-refractivity contribution < 1.29 is 61.9 Å². The Morgan fingerprint density at radius 2 is 0.634 bits per heavy atom. The zero-order chi connectivity index (χ0) is 27.8. The number of hydrogen-bond donors (Lipinski definition) is 0. The molecule has 0 heterocycles. The van der Waals surface area contributed by atoms with E-state index in [0.29, 0.717) is 16.2 Å². The third kappa shape index (κ3) is 7.52. The van der Waals surface area contributed by atoms with E-state index in [9.17, 15) is 30.0 Å². The second kappa shape index (κ2) is 15.6. The van der Waals surface area contributed by atoms with Crippen LogP contribution in [0.25, 0.3) is 32.3 Å². The SMILES string of the molecule is O=Nc1c([O-])ccc2ccccc12.O=Nc1c([O-])ccc2ccccc12.O=Nc1c([O-])ccc2ccccc12.[Fe+2].[Na+]. The van der Waals surface area contributed by atoms with Crippen LogP contribution in [0.15, 0.2) is 125 Å². The number of benzene rings is 6. The first-order chi connectivity index (χ1) is 19.0. The van der Waals surface area contributed by atoms with Gasteiger partial charge in [0, 0.05) is 16.2 Å². The molecule has 0 atom stereocenters. The Bertz CT molecular complexity index is 1620. The molecule has 6 aromatic rings. The largest absolute Gasteiger partial charge is 2.00 e. The van der Waals surface area contributed by atoms with Crippen molar-refractivity contribution in [2.75, 3.05) is 0 Å². The summed E-state index contributed by atoms with van der Waals surface area (Å²) in [6.07, 6.45) is 0. The van der Waals surface area contributed by atoms with Crippen LogP contribution < -0.4 is 44.9 Å². The third-order valence-corrected chi connectivity index (χ3v) is 5.86. The molecule has 0 fully saturated rings. The van der Waals surface area contributed by atoms with E-state index in [1.807, 2.05) is 36.4 Å². The maximum Gasteiger partial charge on any atom is 2.00 e. The zero-order valence-corrected chi connectivity index (χ0v) is 24.6. The molecule has 0 saturated carbocycles. The minimum Gasteiger partial charge on any atom is -0.871 e. The molecule has 0 N–H and O–H groups in total. The monoisotopic (exact) mass is 595 g/mol. The zero-order valence-electron chi connectivity index (χ0n) is 21.5. The van der Waals surface area contributed by atoms with Crippen molar-refractivity contribution in [1.29, 1.82) is 0 Å². The van der Waals surface area contributed by atoms with E-state index in [4.69, 9.17) is 0 Å². The minimum absolute atomic E-state index is 0. The molecule has 0 bridgehead atoms. The van der Waals surface area contributed by atoms with Gasteiger partial charge in [0.1, 0.15) is 17.1 Å². The van der Waals surface area contributed by atoms with Gasteiger partial charge in [-0.2, -0.15) is 0 Å². The molecule has 0 aliphatic carbocycles. The summed E-state index contributed by atoms with van der Waals surface area (Å²) in [4.78, 5) is 31.2. The quantitative estimate of drug-likeness (QED) is 0.223. The van der Waals surface area contributed by atoms with Crippen LogP contribution in [-0.2, 0) is 17.1 Å². The fourth-order valence-corrected chi connectivity index (χ4v) is 3.99. The predicted molar refractivity (Wildman–Crippen MR) is 147 cm³/mol. The molecule has 0 radical (unpaired) electrons. The van der Waals surface area contributed by atoms with Crippen LogP contribution in [0, 0.1) is 14.7 Å². The second-order valence-electron chi connectivity index (χ2n) is 8.17. The molecule has 0 aromatic heterocycles. The Kier molecular flexibility index (Phi) is 12.5. The number of fused-ring (bicyclic) bond motifs is 3. The van der Waals surface area contributed by atoms with E-state index in [2.05, 4.69) is 15.5 Å². The molecular weight excluding hydrogens is 577 g/mol. The second-order valence-corrected chi connectivity index (χ2v) is 8.17. The van der Waals surface area contributed by atoms with Crippen LogP contribution in [0.3, 0.4) is 0 Å². The van der Waals surface area contributed by atoms with Gasteiger partial charge in [0.15, 0.2) is 0 Å². The van der Waals surface area contributed by atoms with E-state index in [-0.39, 0.29) is 80.9 Å². The van der Waals surface area contributed by atoms with Crippen molar-refractivity contribution in [1.82, 2.24) is 0 Å². The fourth-order valence-electron chi connectivity index (χ4n) is 3.99. The maximum atomic E-state index is 11.2. The van der Waals surface area contributed by atoms with Crippen molar-refractivity contribution in [3.8, 4) is 17.2 Å². The Morgan fingerprint density at radius 3 is 0.878 bits per heavy atom. The van der Waals surface area contributed by atoms with Gasteiger partial charge in [0.2, 0.25) is 0 Å². The Hall–Kier alpha value is -4.18. The van der Waals surface area contributed by atoms with Crippen LogP contribution in [0.1, 0.15) is 0 Å². The molecule has 0 unspecified atom stereocenters. The van der Waals surface area contributed by atoms with Gasteiger partial charge in [-0.25, -0.2) is 0 Å². The smallest absolute Gasteiger partial charge is 0.871 e. The molecule has 6 aromatic carbocycles. The normalized spacial score (nSPS) is 9.66. The van der Waals surface area contributed by atoms with Crippen LogP contribution in [0.4, 0.5) is 17.1 Å². The van der Waals surface area contributed by atoms with Gasteiger partial charge in [-0.3, -0.25) is 0 Å². The Balaban J connectivity index is 0.000000210. The van der Waals surface area contributed by atoms with Crippen LogP contribution in [0.5, 0.6) is 17.2 Å². The van der Waals surface area contributed by atoms with Crippen molar-refractivity contribution in [2.24, 2.45) is 15.5 Å². The summed E-state index contributed by atoms with van der Waals surface area (Å²) in [5, 5.41) is 46.1. The first-order valence-corrected chi connectivity index (χ1v) is 11.5. The summed E-state index contributed by atoms with van der Waals surface area (Å²) < 4.78 is 0. The fraction of sp³-hybridized carbons (Fsp3) is 0. The van der Waals surface area contributed by atoms with Gasteiger partial charge in [0.25, 0.3) is 0 Å². The summed E-state index contributed by atoms with van der Waals surface area (Å²) in [6, 6.07) is 30.7. The average Bonchev–Trinajstić information content (AvgIpc) is 2.98. The molecule has 11 heteroatoms. The Labute approximate surface area is 266 Å². The first kappa shape index (κ1) is 33.0. The molecule has 0 aliphatic rings. The minimum atomic E-state index is -0.325. The van der Waals surface area contributed by atoms with Crippen LogP contribution in [-0.4, -0.2) is 0 Å². The molecule has 6 rings (SSSR count). The van der Waals surface area contributed by atoms with E-state index in [1.54, 1.807) is 54.6 Å². The van der Waals surface area contributed by atoms with Gasteiger partial charge >= 0.3 is 46.6 Å². The molecule has 0 amide bonds. The Morgan fingerprint density at radius 1 is 0.390 bits per heavy atom. The molecule has 0 saturated heterocycles. The summed E-state index contributed by atoms with van der Waals surface area (Å²) in [5.74, 6) is -0.976. The van der Waals surface area contributed by atoms with Crippen molar-refractivity contribution in [2.45, 2.75) is 0 Å². The van der Waals surface area contributed by atoms with Crippen molar-refractivity contribution in [3.05, 3.63) is 124 Å². The van der Waals surface area contributed by atoms with Gasteiger partial charge in [-0.15, -0.1) is 14.7 Å². The maximum absolute atomic E-state index is 11.2. The molecule has 198 valence electrons. The molecular formula is C30H18FeN3NaO6. The van der Waals surface area contributed by atoms with E-state index < -0.39 is 0 Å². The number of hydrogen-bond acceptors (Lipinski definition) is 9. The summed E-state index contributed by atoms with van der Waals surface area (Å²) in [5.41, 5.74) is -0.00528. The van der Waals surface area contributed by atoms with Crippen LogP contribution >= 0.6 is 0 Å². The van der Waals surface area contributed by atoms with Gasteiger partial charge in [-0.1, -0.05) is 126 Å². The molecule has 41 heavy (non-hydrogen) atoms. The average molecular weight is 595 g/mol. The summed E-state index contributed by atoms with van der Waals surface area (Å²) in [7, 11) is 0. The van der Waals surface area contributed by atoms with Gasteiger partial charge in [-0.05, 0) is 31.7 Å². The summed E-state index contributed by atoms with van der Waals surface area (Å²) in [6.45, 7) is 0.